The molecular weight excluding hydrogens is 474 g/mol. The molecule has 0 radical (unpaired) electrons. The van der Waals surface area contributed by atoms with Gasteiger partial charge in [-0.2, -0.15) is 0 Å². The number of hydrogen-bond acceptors (Lipinski definition) is 4. The summed E-state index contributed by atoms with van der Waals surface area (Å²) in [7, 11) is -3.84. The van der Waals surface area contributed by atoms with Crippen LogP contribution in [-0.2, 0) is 21.2 Å². The van der Waals surface area contributed by atoms with Crippen LogP contribution in [0.1, 0.15) is 28.8 Å². The third-order valence-electron chi connectivity index (χ3n) is 5.35. The van der Waals surface area contributed by atoms with E-state index in [1.807, 2.05) is 30.3 Å². The minimum absolute atomic E-state index is 0.00584. The molecule has 7 nitrogen and oxygen atoms in total. The number of anilines is 1. The molecule has 0 aliphatic heterocycles. The maximum absolute atomic E-state index is 12.9. The molecule has 0 heterocycles. The van der Waals surface area contributed by atoms with Gasteiger partial charge in [-0.05, 0) is 66.9 Å². The lowest BCUT2D eigenvalue weighted by atomic mass is 10.0. The van der Waals surface area contributed by atoms with Crippen LogP contribution in [0.3, 0.4) is 0 Å². The van der Waals surface area contributed by atoms with Crippen molar-refractivity contribution in [1.82, 2.24) is 10.6 Å². The number of amides is 2. The summed E-state index contributed by atoms with van der Waals surface area (Å²) in [6, 6.07) is 20.7. The Balaban J connectivity index is 1.45. The monoisotopic (exact) mass is 497 g/mol. The zero-order valence-electron chi connectivity index (χ0n) is 18.2. The highest BCUT2D eigenvalue weighted by Crippen LogP contribution is 2.20. The summed E-state index contributed by atoms with van der Waals surface area (Å²) < 4.78 is 27.8. The van der Waals surface area contributed by atoms with Gasteiger partial charge in [0.25, 0.3) is 15.9 Å². The van der Waals surface area contributed by atoms with E-state index in [-0.39, 0.29) is 22.4 Å². The zero-order valence-corrected chi connectivity index (χ0v) is 19.8. The van der Waals surface area contributed by atoms with Crippen molar-refractivity contribution < 1.29 is 18.0 Å². The van der Waals surface area contributed by atoms with Gasteiger partial charge in [-0.25, -0.2) is 8.42 Å². The van der Waals surface area contributed by atoms with Crippen molar-refractivity contribution in [2.24, 2.45) is 0 Å². The van der Waals surface area contributed by atoms with Gasteiger partial charge in [-0.1, -0.05) is 41.9 Å². The fourth-order valence-electron chi connectivity index (χ4n) is 3.35. The Morgan fingerprint density at radius 3 is 2.18 bits per heavy atom. The first-order chi connectivity index (χ1) is 16.3. The van der Waals surface area contributed by atoms with E-state index in [0.717, 1.165) is 18.4 Å². The summed E-state index contributed by atoms with van der Waals surface area (Å²) >= 11 is 5.84. The van der Waals surface area contributed by atoms with Gasteiger partial charge in [-0.15, -0.1) is 0 Å². The Morgan fingerprint density at radius 2 is 1.56 bits per heavy atom. The number of halogens is 1. The molecule has 2 amide bonds. The summed E-state index contributed by atoms with van der Waals surface area (Å²) in [5, 5.41) is 6.22. The number of nitrogens with one attached hydrogen (secondary N) is 3. The zero-order chi connectivity index (χ0) is 24.1. The van der Waals surface area contributed by atoms with E-state index >= 15 is 0 Å². The minimum Gasteiger partial charge on any atom is -0.352 e. The first-order valence-electron chi connectivity index (χ1n) is 10.8. The molecule has 0 spiro atoms. The van der Waals surface area contributed by atoms with Crippen LogP contribution in [0.15, 0.2) is 83.8 Å². The summed E-state index contributed by atoms with van der Waals surface area (Å²) in [6.07, 6.45) is 2.23. The molecule has 34 heavy (non-hydrogen) atoms. The van der Waals surface area contributed by atoms with Gasteiger partial charge in [0.2, 0.25) is 5.91 Å². The molecule has 9 heteroatoms. The fourth-order valence-corrected chi connectivity index (χ4v) is 4.53. The predicted octanol–water partition coefficient (Wildman–Crippen LogP) is 3.76. The Hall–Kier alpha value is -3.36. The van der Waals surface area contributed by atoms with Crippen LogP contribution < -0.4 is 15.4 Å². The van der Waals surface area contributed by atoms with Gasteiger partial charge in [0.05, 0.1) is 4.90 Å². The average molecular weight is 498 g/mol. The number of benzene rings is 3. The van der Waals surface area contributed by atoms with Gasteiger partial charge in [0.1, 0.15) is 6.04 Å². The number of carbonyl (C=O) groups excluding carboxylic acids is 2. The Kier molecular flexibility index (Phi) is 7.19. The van der Waals surface area contributed by atoms with Crippen LogP contribution in [0.4, 0.5) is 5.69 Å². The fraction of sp³-hybridized carbons (Fsp3) is 0.200. The normalized spacial score (nSPS) is 14.1. The van der Waals surface area contributed by atoms with Crippen molar-refractivity contribution in [3.63, 3.8) is 0 Å². The van der Waals surface area contributed by atoms with Crippen LogP contribution in [0.5, 0.6) is 0 Å². The summed E-state index contributed by atoms with van der Waals surface area (Å²) in [5.41, 5.74) is 1.55. The Bertz CT molecular complexity index is 1260. The highest BCUT2D eigenvalue weighted by molar-refractivity contribution is 7.92. The molecular formula is C25H24ClN3O4S. The lowest BCUT2D eigenvalue weighted by Crippen LogP contribution is -2.48. The van der Waals surface area contributed by atoms with Crippen LogP contribution in [-0.4, -0.2) is 32.3 Å². The lowest BCUT2D eigenvalue weighted by Gasteiger charge is -2.19. The third kappa shape index (κ3) is 6.36. The highest BCUT2D eigenvalue weighted by Gasteiger charge is 2.29. The molecule has 1 aliphatic carbocycles. The van der Waals surface area contributed by atoms with Crippen LogP contribution >= 0.6 is 11.6 Å². The second-order valence-electron chi connectivity index (χ2n) is 8.14. The summed E-state index contributed by atoms with van der Waals surface area (Å²) in [6.45, 7) is 0. The minimum atomic E-state index is -3.84. The van der Waals surface area contributed by atoms with Crippen LogP contribution in [0.2, 0.25) is 5.02 Å². The van der Waals surface area contributed by atoms with Crippen molar-refractivity contribution in [3.05, 3.63) is 95.0 Å². The molecule has 176 valence electrons. The molecule has 3 aromatic rings. The average Bonchev–Trinajstić information content (AvgIpc) is 3.65. The Labute approximate surface area is 203 Å². The van der Waals surface area contributed by atoms with E-state index in [0.29, 0.717) is 17.1 Å². The largest absolute Gasteiger partial charge is 0.352 e. The van der Waals surface area contributed by atoms with Gasteiger partial charge in [-0.3, -0.25) is 14.3 Å². The molecule has 1 fully saturated rings. The van der Waals surface area contributed by atoms with E-state index in [1.165, 1.54) is 24.3 Å². The number of rotatable bonds is 9. The van der Waals surface area contributed by atoms with E-state index in [2.05, 4.69) is 15.4 Å². The van der Waals surface area contributed by atoms with Gasteiger partial charge in [0, 0.05) is 28.7 Å². The third-order valence-corrected chi connectivity index (χ3v) is 7.00. The smallest absolute Gasteiger partial charge is 0.261 e. The van der Waals surface area contributed by atoms with Crippen molar-refractivity contribution in [3.8, 4) is 0 Å². The molecule has 4 rings (SSSR count). The van der Waals surface area contributed by atoms with E-state index in [1.54, 1.807) is 24.3 Å². The van der Waals surface area contributed by atoms with E-state index in [4.69, 9.17) is 11.6 Å². The second kappa shape index (κ2) is 10.3. The number of hydrogen-bond donors (Lipinski definition) is 3. The highest BCUT2D eigenvalue weighted by atomic mass is 35.5. The van der Waals surface area contributed by atoms with Gasteiger partial charge >= 0.3 is 0 Å². The SMILES string of the molecule is O=C(NC(Cc1ccccc1)C(=O)NC1CC1)c1ccc(S(=O)(=O)Nc2ccc(Cl)cc2)cc1. The lowest BCUT2D eigenvalue weighted by molar-refractivity contribution is -0.123. The van der Waals surface area contributed by atoms with Crippen LogP contribution in [0.25, 0.3) is 0 Å². The summed E-state index contributed by atoms with van der Waals surface area (Å²) in [5.74, 6) is -0.687. The number of sulfonamides is 1. The number of carbonyl (C=O) groups is 2. The molecule has 0 aromatic heterocycles. The topological polar surface area (TPSA) is 104 Å². The molecule has 3 N–H and O–H groups in total. The molecule has 0 saturated heterocycles. The first kappa shape index (κ1) is 23.8. The van der Waals surface area contributed by atoms with Crippen molar-refractivity contribution in [2.45, 2.75) is 36.2 Å². The quantitative estimate of drug-likeness (QED) is 0.418. The molecule has 1 atom stereocenters. The maximum atomic E-state index is 12.9. The second-order valence-corrected chi connectivity index (χ2v) is 10.3. The van der Waals surface area contributed by atoms with E-state index < -0.39 is 22.0 Å². The molecule has 1 aliphatic rings. The Morgan fingerprint density at radius 1 is 0.912 bits per heavy atom. The van der Waals surface area contributed by atoms with Crippen LogP contribution in [0, 0.1) is 0 Å². The molecule has 0 bridgehead atoms. The standard InChI is InChI=1S/C25H24ClN3O4S/c26-19-8-10-21(11-9-19)29-34(32,33)22-14-6-18(7-15-22)24(30)28-23(25(31)27-20-12-13-20)16-17-4-2-1-3-5-17/h1-11,14-15,20,23,29H,12-13,16H2,(H,27,31)(H,28,30). The van der Waals surface area contributed by atoms with Gasteiger partial charge < -0.3 is 10.6 Å². The molecule has 1 unspecified atom stereocenters. The van der Waals surface area contributed by atoms with Gasteiger partial charge in [0.15, 0.2) is 0 Å². The van der Waals surface area contributed by atoms with Crippen molar-refractivity contribution in [1.29, 1.82) is 0 Å². The first-order valence-corrected chi connectivity index (χ1v) is 12.7. The molecule has 3 aromatic carbocycles. The molecule has 1 saturated carbocycles. The summed E-state index contributed by atoms with van der Waals surface area (Å²) in [4.78, 5) is 25.6. The van der Waals surface area contributed by atoms with Crippen molar-refractivity contribution in [2.75, 3.05) is 4.72 Å². The van der Waals surface area contributed by atoms with Crippen molar-refractivity contribution >= 4 is 39.1 Å². The van der Waals surface area contributed by atoms with E-state index in [9.17, 15) is 18.0 Å². The maximum Gasteiger partial charge on any atom is 0.261 e. The predicted molar refractivity (Wildman–Crippen MR) is 131 cm³/mol.